The van der Waals surface area contributed by atoms with E-state index >= 15 is 0 Å². The number of hydrogen-bond acceptors (Lipinski definition) is 2. The molecule has 0 N–H and O–H groups in total. The fourth-order valence-electron chi connectivity index (χ4n) is 9.11. The molecule has 1 unspecified atom stereocenters. The lowest BCUT2D eigenvalue weighted by Crippen LogP contribution is -2.35. The highest BCUT2D eigenvalue weighted by Crippen LogP contribution is 2.57. The van der Waals surface area contributed by atoms with Crippen molar-refractivity contribution < 1.29 is 9.47 Å². The third kappa shape index (κ3) is 4.53. The minimum atomic E-state index is -0.882. The second kappa shape index (κ2) is 11.2. The first kappa shape index (κ1) is 31.7. The van der Waals surface area contributed by atoms with Gasteiger partial charge in [-0.1, -0.05) is 117 Å². The Morgan fingerprint density at radius 3 is 1.85 bits per heavy atom. The maximum absolute atomic E-state index is 7.61. The SMILES string of the molecule is COc1ccc(C2(c3ccc(-n4c5ccc(C)cc5c5cc(C)ccc54)cc3)C=Cc3c(C(C)(C)C)c4c5c(cccc5c3O2)-c2ccccc2-4)cc1. The molecule has 8 aromatic rings. The first-order chi connectivity index (χ1) is 25.7. The zero-order valence-electron chi connectivity index (χ0n) is 31.0. The molecule has 0 amide bonds. The molecule has 0 fully saturated rings. The van der Waals surface area contributed by atoms with Crippen LogP contribution in [-0.4, -0.2) is 11.7 Å². The lowest BCUT2D eigenvalue weighted by atomic mass is 9.75. The van der Waals surface area contributed by atoms with Crippen LogP contribution in [0.5, 0.6) is 11.5 Å². The van der Waals surface area contributed by atoms with Gasteiger partial charge in [-0.15, -0.1) is 0 Å². The molecule has 7 aromatic carbocycles. The Morgan fingerprint density at radius 2 is 1.23 bits per heavy atom. The van der Waals surface area contributed by atoms with Crippen molar-refractivity contribution in [3.05, 3.63) is 167 Å². The van der Waals surface area contributed by atoms with Crippen molar-refractivity contribution in [2.24, 2.45) is 0 Å². The van der Waals surface area contributed by atoms with Crippen molar-refractivity contribution in [1.82, 2.24) is 4.57 Å². The Bertz CT molecular complexity index is 2770. The van der Waals surface area contributed by atoms with Crippen LogP contribution in [0, 0.1) is 13.8 Å². The molecule has 1 aliphatic carbocycles. The summed E-state index contributed by atoms with van der Waals surface area (Å²) in [5.41, 5.74) is 14.8. The number of aryl methyl sites for hydroxylation is 2. The van der Waals surface area contributed by atoms with Crippen molar-refractivity contribution in [3.63, 3.8) is 0 Å². The van der Waals surface area contributed by atoms with Crippen LogP contribution in [0.1, 0.15) is 54.2 Å². The van der Waals surface area contributed by atoms with E-state index in [1.165, 1.54) is 66.1 Å². The lowest BCUT2D eigenvalue weighted by molar-refractivity contribution is 0.163. The third-order valence-electron chi connectivity index (χ3n) is 11.5. The van der Waals surface area contributed by atoms with Gasteiger partial charge in [0, 0.05) is 43.9 Å². The minimum absolute atomic E-state index is 0.132. The molecule has 1 aliphatic heterocycles. The van der Waals surface area contributed by atoms with E-state index in [1.807, 2.05) is 12.1 Å². The normalized spacial score (nSPS) is 15.9. The molecule has 258 valence electrons. The summed E-state index contributed by atoms with van der Waals surface area (Å²) in [7, 11) is 1.71. The van der Waals surface area contributed by atoms with Gasteiger partial charge in [-0.05, 0) is 102 Å². The molecule has 1 atom stereocenters. The standard InChI is InChI=1S/C50H41NO2/c1-30-14-24-43-41(28-30)42-29-31(2)15-25-44(42)51(43)34-20-16-32(17-21-34)50(33-18-22-35(52-6)23-19-33)27-26-40-47(49(3,4)5)46-38-11-8-7-10-36(38)37-12-9-13-39(45(37)46)48(40)53-50/h7-29H,1-6H3. The van der Waals surface area contributed by atoms with Gasteiger partial charge in [0.15, 0.2) is 5.60 Å². The van der Waals surface area contributed by atoms with Crippen molar-refractivity contribution in [2.75, 3.05) is 7.11 Å². The molecule has 0 bridgehead atoms. The van der Waals surface area contributed by atoms with Crippen LogP contribution in [0.15, 0.2) is 133 Å². The van der Waals surface area contributed by atoms with E-state index in [2.05, 4.69) is 167 Å². The number of hydrogen-bond donors (Lipinski definition) is 0. The molecular formula is C50H41NO2. The average Bonchev–Trinajstić information content (AvgIpc) is 3.67. The molecule has 2 heterocycles. The number of rotatable bonds is 4. The Labute approximate surface area is 310 Å². The second-order valence-corrected chi connectivity index (χ2v) is 15.8. The van der Waals surface area contributed by atoms with Gasteiger partial charge in [0.2, 0.25) is 0 Å². The molecule has 0 saturated carbocycles. The van der Waals surface area contributed by atoms with E-state index in [0.29, 0.717) is 0 Å². The first-order valence-corrected chi connectivity index (χ1v) is 18.5. The first-order valence-electron chi connectivity index (χ1n) is 18.5. The molecule has 0 spiro atoms. The summed E-state index contributed by atoms with van der Waals surface area (Å²) in [6, 6.07) is 46.4. The molecule has 2 aliphatic rings. The van der Waals surface area contributed by atoms with Gasteiger partial charge in [0.05, 0.1) is 18.1 Å². The van der Waals surface area contributed by atoms with E-state index in [0.717, 1.165) is 39.3 Å². The number of aromatic nitrogens is 1. The summed E-state index contributed by atoms with van der Waals surface area (Å²) in [6.07, 6.45) is 4.61. The van der Waals surface area contributed by atoms with Crippen LogP contribution in [-0.2, 0) is 11.0 Å². The molecule has 3 heteroatoms. The van der Waals surface area contributed by atoms with E-state index in [4.69, 9.17) is 9.47 Å². The highest BCUT2D eigenvalue weighted by molar-refractivity contribution is 6.19. The smallest absolute Gasteiger partial charge is 0.178 e. The topological polar surface area (TPSA) is 23.4 Å². The molecule has 0 saturated heterocycles. The summed E-state index contributed by atoms with van der Waals surface area (Å²) in [6.45, 7) is 11.3. The molecule has 0 radical (unpaired) electrons. The largest absolute Gasteiger partial charge is 0.497 e. The Hall–Kier alpha value is -6.06. The highest BCUT2D eigenvalue weighted by Gasteiger charge is 2.41. The summed E-state index contributed by atoms with van der Waals surface area (Å²) < 4.78 is 15.6. The number of nitrogens with zero attached hydrogens (tertiary/aromatic N) is 1. The quantitative estimate of drug-likeness (QED) is 0.184. The van der Waals surface area contributed by atoms with Crippen molar-refractivity contribution in [3.8, 4) is 39.4 Å². The van der Waals surface area contributed by atoms with Crippen molar-refractivity contribution in [2.45, 2.75) is 45.6 Å². The molecule has 1 aromatic heterocycles. The molecule has 3 nitrogen and oxygen atoms in total. The van der Waals surface area contributed by atoms with Crippen LogP contribution < -0.4 is 9.47 Å². The number of ether oxygens (including phenoxy) is 2. The Morgan fingerprint density at radius 1 is 0.623 bits per heavy atom. The van der Waals surface area contributed by atoms with Crippen molar-refractivity contribution >= 4 is 38.7 Å². The van der Waals surface area contributed by atoms with Crippen LogP contribution in [0.3, 0.4) is 0 Å². The van der Waals surface area contributed by atoms with Gasteiger partial charge in [-0.25, -0.2) is 0 Å². The van der Waals surface area contributed by atoms with E-state index in [9.17, 15) is 0 Å². The van der Waals surface area contributed by atoms with Gasteiger partial charge in [-0.3, -0.25) is 0 Å². The third-order valence-corrected chi connectivity index (χ3v) is 11.5. The van der Waals surface area contributed by atoms with Gasteiger partial charge < -0.3 is 14.0 Å². The maximum Gasteiger partial charge on any atom is 0.178 e. The summed E-state index contributed by atoms with van der Waals surface area (Å²) in [5, 5.41) is 4.98. The monoisotopic (exact) mass is 687 g/mol. The predicted octanol–water partition coefficient (Wildman–Crippen LogP) is 12.9. The van der Waals surface area contributed by atoms with Crippen LogP contribution in [0.2, 0.25) is 0 Å². The fraction of sp³-hybridized carbons (Fsp3) is 0.160. The zero-order chi connectivity index (χ0) is 36.2. The van der Waals surface area contributed by atoms with Crippen LogP contribution in [0.4, 0.5) is 0 Å². The average molecular weight is 688 g/mol. The molecular weight excluding hydrogens is 647 g/mol. The Balaban J connectivity index is 1.20. The summed E-state index contributed by atoms with van der Waals surface area (Å²) in [5.74, 6) is 1.74. The van der Waals surface area contributed by atoms with E-state index in [1.54, 1.807) is 7.11 Å². The van der Waals surface area contributed by atoms with E-state index in [-0.39, 0.29) is 5.41 Å². The fourth-order valence-corrected chi connectivity index (χ4v) is 9.11. The van der Waals surface area contributed by atoms with E-state index < -0.39 is 5.60 Å². The minimum Gasteiger partial charge on any atom is -0.497 e. The highest BCUT2D eigenvalue weighted by atomic mass is 16.5. The number of methoxy groups -OCH3 is 1. The van der Waals surface area contributed by atoms with Gasteiger partial charge in [-0.2, -0.15) is 0 Å². The van der Waals surface area contributed by atoms with Crippen LogP contribution in [0.25, 0.3) is 66.6 Å². The van der Waals surface area contributed by atoms with Crippen molar-refractivity contribution in [1.29, 1.82) is 0 Å². The second-order valence-electron chi connectivity index (χ2n) is 15.8. The maximum atomic E-state index is 7.61. The van der Waals surface area contributed by atoms with Gasteiger partial charge in [0.1, 0.15) is 11.5 Å². The Kier molecular flexibility index (Phi) is 6.70. The molecule has 53 heavy (non-hydrogen) atoms. The molecule has 10 rings (SSSR count). The predicted molar refractivity (Wildman–Crippen MR) is 221 cm³/mol. The number of fused-ring (bicyclic) bond motifs is 8. The number of benzene rings is 7. The van der Waals surface area contributed by atoms with Gasteiger partial charge in [0.25, 0.3) is 0 Å². The van der Waals surface area contributed by atoms with Crippen LogP contribution >= 0.6 is 0 Å². The lowest BCUT2D eigenvalue weighted by Gasteiger charge is -2.39. The zero-order valence-corrected chi connectivity index (χ0v) is 31.0. The summed E-state index contributed by atoms with van der Waals surface area (Å²) in [4.78, 5) is 0. The van der Waals surface area contributed by atoms with Gasteiger partial charge >= 0.3 is 0 Å². The summed E-state index contributed by atoms with van der Waals surface area (Å²) >= 11 is 0.